The molecule has 0 atom stereocenters. The van der Waals surface area contributed by atoms with E-state index in [1.165, 1.54) is 5.56 Å². The van der Waals surface area contributed by atoms with Crippen LogP contribution >= 0.6 is 11.6 Å². The van der Waals surface area contributed by atoms with Gasteiger partial charge in [-0.05, 0) is 49.3 Å². The lowest BCUT2D eigenvalue weighted by molar-refractivity contribution is 0.263. The van der Waals surface area contributed by atoms with E-state index in [9.17, 15) is 8.42 Å². The van der Waals surface area contributed by atoms with Crippen molar-refractivity contribution in [2.75, 3.05) is 13.1 Å². The Bertz CT molecular complexity index is 769. The quantitative estimate of drug-likeness (QED) is 0.790. The van der Waals surface area contributed by atoms with Crippen LogP contribution in [0.15, 0.2) is 59.5 Å². The first-order chi connectivity index (χ1) is 11.6. The topological polar surface area (TPSA) is 37.4 Å². The van der Waals surface area contributed by atoms with Crippen LogP contribution in [0.2, 0.25) is 5.02 Å². The maximum atomic E-state index is 12.7. The van der Waals surface area contributed by atoms with E-state index < -0.39 is 10.0 Å². The van der Waals surface area contributed by atoms with Crippen LogP contribution in [0.3, 0.4) is 0 Å². The highest BCUT2D eigenvalue weighted by molar-refractivity contribution is 7.89. The molecule has 3 rings (SSSR count). The second-order valence-electron chi connectivity index (χ2n) is 6.30. The molecule has 0 aliphatic carbocycles. The second-order valence-corrected chi connectivity index (χ2v) is 8.62. The van der Waals surface area contributed by atoms with Crippen LogP contribution in [-0.4, -0.2) is 25.8 Å². The van der Waals surface area contributed by atoms with Crippen molar-refractivity contribution in [1.29, 1.82) is 0 Å². The molecule has 0 saturated carbocycles. The molecule has 1 fully saturated rings. The lowest BCUT2D eigenvalue weighted by atomic mass is 9.91. The molecular formula is C19H22ClNO2S. The minimum atomic E-state index is -3.48. The predicted molar refractivity (Wildman–Crippen MR) is 97.7 cm³/mol. The van der Waals surface area contributed by atoms with Gasteiger partial charge >= 0.3 is 0 Å². The van der Waals surface area contributed by atoms with E-state index in [-0.39, 0.29) is 4.90 Å². The molecule has 1 heterocycles. The Labute approximate surface area is 149 Å². The lowest BCUT2D eigenvalue weighted by Gasteiger charge is -2.31. The minimum Gasteiger partial charge on any atom is -0.207 e. The number of piperidine rings is 1. The molecule has 0 radical (unpaired) electrons. The number of sulfonamides is 1. The summed E-state index contributed by atoms with van der Waals surface area (Å²) in [5.74, 6) is 0.586. The fraction of sp³-hybridized carbons (Fsp3) is 0.368. The third kappa shape index (κ3) is 4.00. The Morgan fingerprint density at radius 2 is 1.58 bits per heavy atom. The second kappa shape index (κ2) is 7.68. The van der Waals surface area contributed by atoms with Gasteiger partial charge in [0.05, 0.1) is 5.02 Å². The molecule has 0 N–H and O–H groups in total. The largest absolute Gasteiger partial charge is 0.244 e. The molecule has 2 aromatic carbocycles. The Kier molecular flexibility index (Phi) is 5.59. The third-order valence-corrected chi connectivity index (χ3v) is 7.11. The molecule has 24 heavy (non-hydrogen) atoms. The SMILES string of the molecule is O=S(=O)(c1ccccc1Cl)N1CCC(CCc2ccccc2)CC1. The summed E-state index contributed by atoms with van der Waals surface area (Å²) in [7, 11) is -3.48. The van der Waals surface area contributed by atoms with Crippen molar-refractivity contribution in [3.63, 3.8) is 0 Å². The zero-order valence-electron chi connectivity index (χ0n) is 13.6. The summed E-state index contributed by atoms with van der Waals surface area (Å²) in [6, 6.07) is 17.1. The highest BCUT2D eigenvalue weighted by Crippen LogP contribution is 2.29. The van der Waals surface area contributed by atoms with Crippen LogP contribution < -0.4 is 0 Å². The van der Waals surface area contributed by atoms with E-state index in [2.05, 4.69) is 24.3 Å². The molecule has 1 saturated heterocycles. The van der Waals surface area contributed by atoms with Gasteiger partial charge in [0, 0.05) is 13.1 Å². The molecule has 1 aliphatic rings. The van der Waals surface area contributed by atoms with Crippen LogP contribution in [0.25, 0.3) is 0 Å². The summed E-state index contributed by atoms with van der Waals surface area (Å²) in [6.45, 7) is 1.15. The number of hydrogen-bond acceptors (Lipinski definition) is 2. The van der Waals surface area contributed by atoms with Crippen molar-refractivity contribution in [2.24, 2.45) is 5.92 Å². The minimum absolute atomic E-state index is 0.217. The van der Waals surface area contributed by atoms with Crippen molar-refractivity contribution in [2.45, 2.75) is 30.6 Å². The normalized spacial score (nSPS) is 17.0. The van der Waals surface area contributed by atoms with E-state index in [1.807, 2.05) is 6.07 Å². The molecule has 0 bridgehead atoms. The summed E-state index contributed by atoms with van der Waals surface area (Å²) in [5.41, 5.74) is 1.35. The molecule has 0 aromatic heterocycles. The van der Waals surface area contributed by atoms with Gasteiger partial charge in [0.15, 0.2) is 0 Å². The summed E-state index contributed by atoms with van der Waals surface area (Å²) in [6.07, 6.45) is 4.00. The van der Waals surface area contributed by atoms with Crippen LogP contribution in [-0.2, 0) is 16.4 Å². The van der Waals surface area contributed by atoms with Crippen molar-refractivity contribution >= 4 is 21.6 Å². The fourth-order valence-electron chi connectivity index (χ4n) is 3.25. The zero-order valence-corrected chi connectivity index (χ0v) is 15.1. The van der Waals surface area contributed by atoms with Gasteiger partial charge in [-0.2, -0.15) is 4.31 Å². The van der Waals surface area contributed by atoms with Crippen molar-refractivity contribution < 1.29 is 8.42 Å². The van der Waals surface area contributed by atoms with Crippen LogP contribution in [0.5, 0.6) is 0 Å². The molecule has 128 valence electrons. The number of halogens is 1. The van der Waals surface area contributed by atoms with Crippen molar-refractivity contribution in [3.8, 4) is 0 Å². The Morgan fingerprint density at radius 3 is 2.25 bits per heavy atom. The fourth-order valence-corrected chi connectivity index (χ4v) is 5.21. The van der Waals surface area contributed by atoms with E-state index in [1.54, 1.807) is 28.6 Å². The molecule has 1 aliphatic heterocycles. The number of rotatable bonds is 5. The standard InChI is InChI=1S/C19H22ClNO2S/c20-18-8-4-5-9-19(18)24(22,23)21-14-12-17(13-15-21)11-10-16-6-2-1-3-7-16/h1-9,17H,10-15H2. The lowest BCUT2D eigenvalue weighted by Crippen LogP contribution is -2.38. The molecule has 2 aromatic rings. The monoisotopic (exact) mass is 363 g/mol. The molecule has 0 unspecified atom stereocenters. The molecular weight excluding hydrogens is 342 g/mol. The van der Waals surface area contributed by atoms with E-state index in [4.69, 9.17) is 11.6 Å². The van der Waals surface area contributed by atoms with Crippen LogP contribution in [0.1, 0.15) is 24.8 Å². The van der Waals surface area contributed by atoms with Gasteiger partial charge in [-0.1, -0.05) is 54.1 Å². The maximum absolute atomic E-state index is 12.7. The smallest absolute Gasteiger partial charge is 0.207 e. The van der Waals surface area contributed by atoms with Crippen LogP contribution in [0, 0.1) is 5.92 Å². The van der Waals surface area contributed by atoms with Crippen LogP contribution in [0.4, 0.5) is 0 Å². The number of hydrogen-bond donors (Lipinski definition) is 0. The van der Waals surface area contributed by atoms with E-state index >= 15 is 0 Å². The van der Waals surface area contributed by atoms with E-state index in [0.717, 1.165) is 25.7 Å². The maximum Gasteiger partial charge on any atom is 0.244 e. The van der Waals surface area contributed by atoms with Gasteiger partial charge < -0.3 is 0 Å². The Morgan fingerprint density at radius 1 is 0.958 bits per heavy atom. The van der Waals surface area contributed by atoms with Gasteiger partial charge in [0.2, 0.25) is 10.0 Å². The van der Waals surface area contributed by atoms with Gasteiger partial charge in [0.25, 0.3) is 0 Å². The number of benzene rings is 2. The number of nitrogens with zero attached hydrogens (tertiary/aromatic N) is 1. The summed E-state index contributed by atoms with van der Waals surface area (Å²) < 4.78 is 27.0. The average molecular weight is 364 g/mol. The Balaban J connectivity index is 1.58. The molecule has 3 nitrogen and oxygen atoms in total. The number of aryl methyl sites for hydroxylation is 1. The third-order valence-electron chi connectivity index (χ3n) is 4.71. The highest BCUT2D eigenvalue weighted by Gasteiger charge is 2.30. The van der Waals surface area contributed by atoms with Gasteiger partial charge in [-0.15, -0.1) is 0 Å². The predicted octanol–water partition coefficient (Wildman–Crippen LogP) is 4.37. The van der Waals surface area contributed by atoms with E-state index in [0.29, 0.717) is 24.0 Å². The van der Waals surface area contributed by atoms with Crippen molar-refractivity contribution in [1.82, 2.24) is 4.31 Å². The van der Waals surface area contributed by atoms with Gasteiger partial charge in [0.1, 0.15) is 4.90 Å². The summed E-state index contributed by atoms with van der Waals surface area (Å²) >= 11 is 6.07. The average Bonchev–Trinajstić information content (AvgIpc) is 2.61. The first-order valence-electron chi connectivity index (χ1n) is 8.36. The van der Waals surface area contributed by atoms with Crippen molar-refractivity contribution in [3.05, 3.63) is 65.2 Å². The molecule has 0 spiro atoms. The van der Waals surface area contributed by atoms with Gasteiger partial charge in [-0.3, -0.25) is 0 Å². The highest BCUT2D eigenvalue weighted by atomic mass is 35.5. The Hall–Kier alpha value is -1.36. The zero-order chi connectivity index (χ0) is 17.0. The molecule has 5 heteroatoms. The summed E-state index contributed by atoms with van der Waals surface area (Å²) in [5, 5.41) is 0.295. The molecule has 0 amide bonds. The first kappa shape index (κ1) is 17.5. The van der Waals surface area contributed by atoms with Gasteiger partial charge in [-0.25, -0.2) is 8.42 Å². The first-order valence-corrected chi connectivity index (χ1v) is 10.2. The summed E-state index contributed by atoms with van der Waals surface area (Å²) in [4.78, 5) is 0.217.